The summed E-state index contributed by atoms with van der Waals surface area (Å²) in [7, 11) is 0. The highest BCUT2D eigenvalue weighted by molar-refractivity contribution is 6.06. The van der Waals surface area contributed by atoms with Crippen LogP contribution >= 0.6 is 0 Å². The summed E-state index contributed by atoms with van der Waals surface area (Å²) in [5, 5.41) is 9.27. The number of carbonyl (C=O) groups is 2. The molecule has 5 heteroatoms. The van der Waals surface area contributed by atoms with Crippen LogP contribution in [0.15, 0.2) is 72.8 Å². The highest BCUT2D eigenvalue weighted by Gasteiger charge is 2.23. The Morgan fingerprint density at radius 2 is 1.63 bits per heavy atom. The van der Waals surface area contributed by atoms with E-state index in [2.05, 4.69) is 30.9 Å². The Labute approximate surface area is 208 Å². The first-order valence-corrected chi connectivity index (χ1v) is 12.4. The molecule has 3 aromatic rings. The van der Waals surface area contributed by atoms with Crippen molar-refractivity contribution in [2.24, 2.45) is 5.92 Å². The van der Waals surface area contributed by atoms with Crippen LogP contribution in [0.4, 0.5) is 11.4 Å². The van der Waals surface area contributed by atoms with Gasteiger partial charge in [0.25, 0.3) is 5.91 Å². The Morgan fingerprint density at radius 1 is 0.971 bits per heavy atom. The van der Waals surface area contributed by atoms with E-state index in [9.17, 15) is 14.7 Å². The van der Waals surface area contributed by atoms with Gasteiger partial charge in [0.1, 0.15) is 0 Å². The maximum atomic E-state index is 13.3. The lowest BCUT2D eigenvalue weighted by atomic mass is 9.88. The molecule has 0 bridgehead atoms. The van der Waals surface area contributed by atoms with Gasteiger partial charge in [-0.05, 0) is 85.2 Å². The lowest BCUT2D eigenvalue weighted by Crippen LogP contribution is -2.34. The number of carboxylic acid groups (broad SMARTS) is 1. The van der Waals surface area contributed by atoms with Gasteiger partial charge in [-0.15, -0.1) is 0 Å². The molecule has 3 aromatic carbocycles. The van der Waals surface area contributed by atoms with E-state index in [1.54, 1.807) is 6.07 Å². The summed E-state index contributed by atoms with van der Waals surface area (Å²) >= 11 is 0. The second-order valence-electron chi connectivity index (χ2n) is 9.83. The van der Waals surface area contributed by atoms with E-state index in [0.29, 0.717) is 29.5 Å². The Kier molecular flexibility index (Phi) is 7.54. The van der Waals surface area contributed by atoms with Crippen LogP contribution in [0.25, 0.3) is 0 Å². The molecule has 1 fully saturated rings. The molecule has 0 spiro atoms. The van der Waals surface area contributed by atoms with Gasteiger partial charge >= 0.3 is 5.97 Å². The Morgan fingerprint density at radius 3 is 2.20 bits per heavy atom. The second-order valence-corrected chi connectivity index (χ2v) is 9.83. The number of hydrogen-bond donors (Lipinski definition) is 1. The van der Waals surface area contributed by atoms with Crippen molar-refractivity contribution in [3.63, 3.8) is 0 Å². The molecular formula is C30H34N2O3. The summed E-state index contributed by atoms with van der Waals surface area (Å²) in [4.78, 5) is 28.8. The smallest absolute Gasteiger partial charge is 0.335 e. The number of anilines is 2. The minimum atomic E-state index is -0.884. The monoisotopic (exact) mass is 470 g/mol. The lowest BCUT2D eigenvalue weighted by Gasteiger charge is -2.34. The van der Waals surface area contributed by atoms with Crippen LogP contribution in [0, 0.1) is 12.8 Å². The summed E-state index contributed by atoms with van der Waals surface area (Å²) in [5.74, 6) is -0.0272. The molecule has 1 N–H and O–H groups in total. The zero-order valence-corrected chi connectivity index (χ0v) is 20.8. The van der Waals surface area contributed by atoms with Crippen LogP contribution in [0.3, 0.4) is 0 Å². The molecule has 0 saturated carbocycles. The summed E-state index contributed by atoms with van der Waals surface area (Å²) in [6.45, 7) is 8.63. The number of rotatable bonds is 7. The van der Waals surface area contributed by atoms with Gasteiger partial charge in [-0.25, -0.2) is 4.79 Å². The predicted molar refractivity (Wildman–Crippen MR) is 142 cm³/mol. The van der Waals surface area contributed by atoms with Crippen molar-refractivity contribution >= 4 is 23.3 Å². The van der Waals surface area contributed by atoms with E-state index < -0.39 is 5.97 Å². The molecule has 0 atom stereocenters. The number of hydrogen-bond acceptors (Lipinski definition) is 3. The highest BCUT2D eigenvalue weighted by Crippen LogP contribution is 2.31. The zero-order chi connectivity index (χ0) is 24.9. The summed E-state index contributed by atoms with van der Waals surface area (Å²) in [5.41, 5.74) is 5.14. The molecule has 1 aliphatic rings. The fraction of sp³-hybridized carbons (Fsp3) is 0.333. The van der Waals surface area contributed by atoms with Crippen LogP contribution in [0.2, 0.25) is 0 Å². The first-order chi connectivity index (χ1) is 16.8. The van der Waals surface area contributed by atoms with Gasteiger partial charge in [0.05, 0.1) is 5.56 Å². The molecule has 1 saturated heterocycles. The van der Waals surface area contributed by atoms with Gasteiger partial charge in [-0.1, -0.05) is 44.2 Å². The Balaban J connectivity index is 1.42. The first-order valence-electron chi connectivity index (χ1n) is 12.4. The highest BCUT2D eigenvalue weighted by atomic mass is 16.4. The van der Waals surface area contributed by atoms with Crippen molar-refractivity contribution in [3.8, 4) is 0 Å². The average molecular weight is 471 g/mol. The van der Waals surface area contributed by atoms with Crippen LogP contribution in [-0.4, -0.2) is 36.6 Å². The van der Waals surface area contributed by atoms with Gasteiger partial charge in [0.2, 0.25) is 0 Å². The van der Waals surface area contributed by atoms with Crippen LogP contribution in [-0.2, 0) is 0 Å². The van der Waals surface area contributed by atoms with E-state index in [4.69, 9.17) is 0 Å². The number of amides is 1. The molecule has 1 amide bonds. The maximum Gasteiger partial charge on any atom is 0.335 e. The van der Waals surface area contributed by atoms with Gasteiger partial charge in [-0.2, -0.15) is 0 Å². The van der Waals surface area contributed by atoms with E-state index >= 15 is 0 Å². The van der Waals surface area contributed by atoms with E-state index in [1.165, 1.54) is 5.56 Å². The Hall–Kier alpha value is -3.60. The minimum Gasteiger partial charge on any atom is -0.478 e. The van der Waals surface area contributed by atoms with Crippen molar-refractivity contribution in [1.29, 1.82) is 0 Å². The van der Waals surface area contributed by atoms with Crippen molar-refractivity contribution in [2.75, 3.05) is 29.4 Å². The largest absolute Gasteiger partial charge is 0.478 e. The number of carboxylic acids is 1. The summed E-state index contributed by atoms with van der Waals surface area (Å²) in [6.07, 6.45) is 2.05. The molecular weight excluding hydrogens is 436 g/mol. The molecule has 0 radical (unpaired) electrons. The van der Waals surface area contributed by atoms with Crippen molar-refractivity contribution in [1.82, 2.24) is 0 Å². The summed E-state index contributed by atoms with van der Waals surface area (Å²) in [6, 6.07) is 23.6. The number of benzene rings is 3. The number of para-hydroxylation sites is 1. The number of nitrogens with zero attached hydrogens (tertiary/aromatic N) is 2. The minimum absolute atomic E-state index is 0.0337. The molecule has 0 unspecified atom stereocenters. The van der Waals surface area contributed by atoms with Crippen LogP contribution in [0.1, 0.15) is 64.4 Å². The lowest BCUT2D eigenvalue weighted by molar-refractivity contribution is 0.0696. The van der Waals surface area contributed by atoms with E-state index in [1.807, 2.05) is 66.4 Å². The zero-order valence-electron chi connectivity index (χ0n) is 20.8. The molecule has 1 heterocycles. The molecule has 1 aliphatic heterocycles. The van der Waals surface area contributed by atoms with Crippen LogP contribution in [0.5, 0.6) is 0 Å². The topological polar surface area (TPSA) is 60.9 Å². The standard InChI is InChI=1S/C30H34N2O3/c1-21(2)20-32(26-7-5-4-6-8-26)29(33)25-11-9-23(10-12-25)24-15-17-31(18-16-24)27-13-14-28(30(34)35)22(3)19-27/h4-14,19,21,24H,15-18,20H2,1-3H3,(H,34,35). The third kappa shape index (κ3) is 5.73. The second kappa shape index (κ2) is 10.8. The quantitative estimate of drug-likeness (QED) is 0.435. The van der Waals surface area contributed by atoms with Gasteiger partial charge in [0, 0.05) is 36.6 Å². The van der Waals surface area contributed by atoms with Crippen LogP contribution < -0.4 is 9.80 Å². The third-order valence-corrected chi connectivity index (χ3v) is 6.79. The fourth-order valence-corrected chi connectivity index (χ4v) is 4.89. The average Bonchev–Trinajstić information content (AvgIpc) is 2.87. The predicted octanol–water partition coefficient (Wildman–Crippen LogP) is 6.38. The van der Waals surface area contributed by atoms with Gasteiger partial charge in [-0.3, -0.25) is 4.79 Å². The maximum absolute atomic E-state index is 13.3. The molecule has 0 aliphatic carbocycles. The molecule has 182 valence electrons. The molecule has 4 rings (SSSR count). The normalized spacial score (nSPS) is 14.2. The number of carbonyl (C=O) groups excluding carboxylic acids is 1. The van der Waals surface area contributed by atoms with Crippen molar-refractivity contribution < 1.29 is 14.7 Å². The molecule has 35 heavy (non-hydrogen) atoms. The molecule has 5 nitrogen and oxygen atoms in total. The SMILES string of the molecule is Cc1cc(N2CCC(c3ccc(C(=O)N(CC(C)C)c4ccccc4)cc3)CC2)ccc1C(=O)O. The number of aryl methyl sites for hydroxylation is 1. The number of aromatic carboxylic acids is 1. The number of piperidine rings is 1. The van der Waals surface area contributed by atoms with Gasteiger partial charge < -0.3 is 14.9 Å². The fourth-order valence-electron chi connectivity index (χ4n) is 4.89. The van der Waals surface area contributed by atoms with Gasteiger partial charge in [0.15, 0.2) is 0 Å². The van der Waals surface area contributed by atoms with Crippen molar-refractivity contribution in [3.05, 3.63) is 95.1 Å². The van der Waals surface area contributed by atoms with Crippen molar-refractivity contribution in [2.45, 2.75) is 39.5 Å². The van der Waals surface area contributed by atoms with E-state index in [-0.39, 0.29) is 5.91 Å². The molecule has 0 aromatic heterocycles. The first kappa shape index (κ1) is 24.5. The Bertz CT molecular complexity index is 1160. The third-order valence-electron chi connectivity index (χ3n) is 6.79. The summed E-state index contributed by atoms with van der Waals surface area (Å²) < 4.78 is 0. The van der Waals surface area contributed by atoms with E-state index in [0.717, 1.165) is 42.9 Å².